The number of benzene rings is 1. The third-order valence-corrected chi connectivity index (χ3v) is 9.89. The first-order valence-electron chi connectivity index (χ1n) is 14.1. The van der Waals surface area contributed by atoms with Crippen molar-refractivity contribution in [3.63, 3.8) is 0 Å². The van der Waals surface area contributed by atoms with Crippen LogP contribution in [0.25, 0.3) is 5.95 Å². The molecular weight excluding hydrogens is 462 g/mol. The Morgan fingerprint density at radius 1 is 0.865 bits per heavy atom. The fourth-order valence-corrected chi connectivity index (χ4v) is 8.03. The summed E-state index contributed by atoms with van der Waals surface area (Å²) in [6.07, 6.45) is 11.5. The molecule has 5 atom stereocenters. The smallest absolute Gasteiger partial charge is 0.254 e. The van der Waals surface area contributed by atoms with E-state index in [1.807, 2.05) is 6.20 Å². The average Bonchev–Trinajstić information content (AvgIpc) is 3.77. The number of nitrogens with zero attached hydrogens (tertiary/aromatic N) is 7. The van der Waals surface area contributed by atoms with Gasteiger partial charge in [0.25, 0.3) is 5.95 Å². The van der Waals surface area contributed by atoms with E-state index in [1.165, 1.54) is 75.0 Å². The predicted molar refractivity (Wildman–Crippen MR) is 143 cm³/mol. The molecule has 9 heteroatoms. The Labute approximate surface area is 217 Å². The van der Waals surface area contributed by atoms with Gasteiger partial charge in [0.05, 0.1) is 5.69 Å². The lowest BCUT2D eigenvalue weighted by Gasteiger charge is -2.41. The molecule has 1 saturated heterocycles. The number of hydrogen-bond donors (Lipinski definition) is 2. The summed E-state index contributed by atoms with van der Waals surface area (Å²) in [4.78, 5) is 19.1. The Hall–Kier alpha value is -3.20. The molecule has 192 valence electrons. The summed E-state index contributed by atoms with van der Waals surface area (Å²) >= 11 is 0. The van der Waals surface area contributed by atoms with Crippen LogP contribution in [0.2, 0.25) is 0 Å². The van der Waals surface area contributed by atoms with E-state index in [4.69, 9.17) is 10.7 Å². The number of rotatable bonds is 5. The molecule has 5 unspecified atom stereocenters. The van der Waals surface area contributed by atoms with Gasteiger partial charge in [0.2, 0.25) is 11.9 Å². The molecule has 1 aliphatic heterocycles. The van der Waals surface area contributed by atoms with E-state index in [2.05, 4.69) is 54.4 Å². The van der Waals surface area contributed by atoms with E-state index < -0.39 is 0 Å². The first kappa shape index (κ1) is 21.8. The second kappa shape index (κ2) is 8.41. The van der Waals surface area contributed by atoms with E-state index >= 15 is 0 Å². The molecule has 4 bridgehead atoms. The zero-order valence-corrected chi connectivity index (χ0v) is 21.3. The highest BCUT2D eigenvalue weighted by Gasteiger charge is 2.43. The molecule has 5 aliphatic rings. The second-order valence-corrected chi connectivity index (χ2v) is 11.9. The number of aromatic nitrogens is 5. The third-order valence-electron chi connectivity index (χ3n) is 9.89. The Morgan fingerprint density at radius 3 is 2.49 bits per heavy atom. The van der Waals surface area contributed by atoms with Gasteiger partial charge in [-0.05, 0) is 86.1 Å². The Kier molecular flexibility index (Phi) is 4.97. The van der Waals surface area contributed by atoms with Crippen molar-refractivity contribution in [2.75, 3.05) is 42.1 Å². The summed E-state index contributed by atoms with van der Waals surface area (Å²) in [6, 6.07) is 9.42. The van der Waals surface area contributed by atoms with Crippen molar-refractivity contribution in [1.82, 2.24) is 29.6 Å². The Morgan fingerprint density at radius 2 is 1.70 bits per heavy atom. The third kappa shape index (κ3) is 3.69. The molecule has 4 aliphatic carbocycles. The lowest BCUT2D eigenvalue weighted by molar-refractivity contribution is 0.135. The van der Waals surface area contributed by atoms with Gasteiger partial charge >= 0.3 is 0 Å². The molecule has 2 aromatic heterocycles. The first-order valence-corrected chi connectivity index (χ1v) is 14.1. The van der Waals surface area contributed by atoms with Crippen molar-refractivity contribution in [2.24, 2.45) is 11.8 Å². The number of nitrogens with two attached hydrogens (primary N) is 1. The highest BCUT2D eigenvalue weighted by molar-refractivity contribution is 5.60. The van der Waals surface area contributed by atoms with Crippen LogP contribution in [-0.2, 0) is 0 Å². The summed E-state index contributed by atoms with van der Waals surface area (Å²) in [5.41, 5.74) is 10.9. The lowest BCUT2D eigenvalue weighted by Crippen LogP contribution is -2.51. The number of piperazine rings is 1. The molecule has 0 spiro atoms. The van der Waals surface area contributed by atoms with Crippen molar-refractivity contribution in [1.29, 1.82) is 0 Å². The van der Waals surface area contributed by atoms with Gasteiger partial charge in [-0.2, -0.15) is 9.67 Å². The predicted octanol–water partition coefficient (Wildman–Crippen LogP) is 4.06. The molecule has 3 heterocycles. The van der Waals surface area contributed by atoms with E-state index in [0.29, 0.717) is 23.7 Å². The molecule has 0 radical (unpaired) electrons. The number of nitrogens with one attached hydrogen (secondary N) is 1. The molecule has 1 aromatic carbocycles. The van der Waals surface area contributed by atoms with Crippen LogP contribution in [0.15, 0.2) is 30.5 Å². The molecule has 0 amide bonds. The van der Waals surface area contributed by atoms with E-state index in [0.717, 1.165) is 36.7 Å². The molecule has 3 saturated carbocycles. The number of nitrogen functional groups attached to an aromatic ring is 1. The van der Waals surface area contributed by atoms with Gasteiger partial charge in [0.1, 0.15) is 0 Å². The van der Waals surface area contributed by atoms with E-state index in [1.54, 1.807) is 4.68 Å². The van der Waals surface area contributed by atoms with Gasteiger partial charge in [0, 0.05) is 55.7 Å². The molecule has 3 N–H and O–H groups in total. The van der Waals surface area contributed by atoms with Crippen LogP contribution in [0.1, 0.15) is 68.0 Å². The normalized spacial score (nSPS) is 30.3. The summed E-state index contributed by atoms with van der Waals surface area (Å²) in [6.45, 7) is 4.57. The van der Waals surface area contributed by atoms with E-state index in [9.17, 15) is 0 Å². The van der Waals surface area contributed by atoms with Crippen LogP contribution in [0.3, 0.4) is 0 Å². The van der Waals surface area contributed by atoms with Gasteiger partial charge in [-0.15, -0.1) is 5.10 Å². The van der Waals surface area contributed by atoms with Crippen LogP contribution < -0.4 is 16.0 Å². The standard InChI is InChI=1S/C28H35N9/c29-26-33-27(34-37(26)28-30-16-23-18-3-4-20(15-18)25(23)32-28)31-21-5-7-22(8-6-21)35-9-11-36(12-10-35)24-14-17-1-2-19(24)13-17/h5-8,16-20,24H,1-4,9-15H2,(H3,29,31,33,34). The molecule has 9 nitrogen and oxygen atoms in total. The van der Waals surface area contributed by atoms with Gasteiger partial charge in [-0.1, -0.05) is 6.42 Å². The highest BCUT2D eigenvalue weighted by Crippen LogP contribution is 2.52. The maximum Gasteiger partial charge on any atom is 0.254 e. The number of fused-ring (bicyclic) bond motifs is 7. The maximum atomic E-state index is 6.20. The Bertz CT molecular complexity index is 1310. The number of anilines is 4. The molecule has 3 aromatic rings. The zero-order chi connectivity index (χ0) is 24.5. The number of hydrogen-bond acceptors (Lipinski definition) is 8. The topological polar surface area (TPSA) is 101 Å². The van der Waals surface area contributed by atoms with Crippen LogP contribution in [0, 0.1) is 11.8 Å². The minimum atomic E-state index is 0.288. The summed E-state index contributed by atoms with van der Waals surface area (Å²) in [5.74, 6) is 4.42. The van der Waals surface area contributed by atoms with E-state index in [-0.39, 0.29) is 5.95 Å². The van der Waals surface area contributed by atoms with Gasteiger partial charge < -0.3 is 16.0 Å². The minimum Gasteiger partial charge on any atom is -0.369 e. The summed E-state index contributed by atoms with van der Waals surface area (Å²) < 4.78 is 1.54. The van der Waals surface area contributed by atoms with Crippen molar-refractivity contribution in [3.8, 4) is 5.95 Å². The van der Waals surface area contributed by atoms with Crippen LogP contribution in [0.5, 0.6) is 0 Å². The zero-order valence-electron chi connectivity index (χ0n) is 21.3. The average molecular weight is 498 g/mol. The maximum absolute atomic E-state index is 6.20. The van der Waals surface area contributed by atoms with Crippen molar-refractivity contribution >= 4 is 23.3 Å². The fourth-order valence-electron chi connectivity index (χ4n) is 8.03. The second-order valence-electron chi connectivity index (χ2n) is 11.9. The lowest BCUT2D eigenvalue weighted by atomic mass is 9.93. The van der Waals surface area contributed by atoms with Crippen LogP contribution in [-0.4, -0.2) is 61.9 Å². The van der Waals surface area contributed by atoms with Crippen LogP contribution in [0.4, 0.5) is 23.3 Å². The fraction of sp³-hybridized carbons (Fsp3) is 0.571. The van der Waals surface area contributed by atoms with Gasteiger partial charge in [0.15, 0.2) is 0 Å². The monoisotopic (exact) mass is 497 g/mol. The molecule has 37 heavy (non-hydrogen) atoms. The molecule has 8 rings (SSSR count). The van der Waals surface area contributed by atoms with Gasteiger partial charge in [-0.25, -0.2) is 9.97 Å². The van der Waals surface area contributed by atoms with Crippen molar-refractivity contribution < 1.29 is 0 Å². The summed E-state index contributed by atoms with van der Waals surface area (Å²) in [5, 5.41) is 7.86. The van der Waals surface area contributed by atoms with Crippen molar-refractivity contribution in [3.05, 3.63) is 41.7 Å². The quantitative estimate of drug-likeness (QED) is 0.544. The molecular formula is C28H35N9. The summed E-state index contributed by atoms with van der Waals surface area (Å²) in [7, 11) is 0. The van der Waals surface area contributed by atoms with Gasteiger partial charge in [-0.3, -0.25) is 4.90 Å². The highest BCUT2D eigenvalue weighted by atomic mass is 15.5. The largest absolute Gasteiger partial charge is 0.369 e. The molecule has 4 fully saturated rings. The minimum absolute atomic E-state index is 0.288. The first-order chi connectivity index (χ1) is 18.2. The van der Waals surface area contributed by atoms with Crippen molar-refractivity contribution in [2.45, 2.75) is 62.8 Å². The SMILES string of the molecule is Nc1nc(Nc2ccc(N3CCN(C4CC5CCC4C5)CC3)cc2)nn1-c1ncc2c(n1)C1CCC2C1. The Balaban J connectivity index is 0.921. The van der Waals surface area contributed by atoms with Crippen LogP contribution >= 0.6 is 0 Å².